The number of carbonyl (C=O) groups excluding carboxylic acids is 1. The van der Waals surface area contributed by atoms with Crippen LogP contribution >= 0.6 is 31.9 Å². The lowest BCUT2D eigenvalue weighted by molar-refractivity contribution is -0.118. The third-order valence-corrected chi connectivity index (χ3v) is 4.68. The van der Waals surface area contributed by atoms with E-state index in [9.17, 15) is 4.79 Å². The molecule has 2 aromatic rings. The van der Waals surface area contributed by atoms with Crippen LogP contribution in [0.4, 0.5) is 5.69 Å². The lowest BCUT2D eigenvalue weighted by atomic mass is 10.0. The lowest BCUT2D eigenvalue weighted by Crippen LogP contribution is -2.25. The Morgan fingerprint density at radius 2 is 1.80 bits per heavy atom. The highest BCUT2D eigenvalue weighted by Gasteiger charge is 2.18. The van der Waals surface area contributed by atoms with Crippen LogP contribution in [-0.4, -0.2) is 12.5 Å². The monoisotopic (exact) mass is 395 g/mol. The summed E-state index contributed by atoms with van der Waals surface area (Å²) < 4.78 is 6.41. The lowest BCUT2D eigenvalue weighted by Gasteiger charge is -2.20. The Labute approximate surface area is 133 Å². The van der Waals surface area contributed by atoms with Crippen molar-refractivity contribution in [2.75, 3.05) is 11.9 Å². The summed E-state index contributed by atoms with van der Waals surface area (Å²) in [7, 11) is 0. The maximum absolute atomic E-state index is 11.4. The van der Waals surface area contributed by atoms with Crippen molar-refractivity contribution in [3.8, 4) is 5.75 Å². The SMILES string of the molecule is O=C1COc2ccc(C(Br)c3ccc(Br)cc3)cc2N1. The van der Waals surface area contributed by atoms with E-state index in [0.717, 1.165) is 21.3 Å². The van der Waals surface area contributed by atoms with Crippen LogP contribution in [0.3, 0.4) is 0 Å². The van der Waals surface area contributed by atoms with Gasteiger partial charge in [0, 0.05) is 4.47 Å². The van der Waals surface area contributed by atoms with Crippen LogP contribution in [0.15, 0.2) is 46.9 Å². The van der Waals surface area contributed by atoms with Gasteiger partial charge in [0.25, 0.3) is 5.91 Å². The Bertz CT molecular complexity index is 655. The van der Waals surface area contributed by atoms with E-state index in [2.05, 4.69) is 49.3 Å². The first kappa shape index (κ1) is 13.6. The first-order chi connectivity index (χ1) is 9.63. The number of nitrogens with one attached hydrogen (secondary N) is 1. The molecule has 20 heavy (non-hydrogen) atoms. The summed E-state index contributed by atoms with van der Waals surface area (Å²) in [6, 6.07) is 13.9. The molecule has 0 aromatic heterocycles. The summed E-state index contributed by atoms with van der Waals surface area (Å²) in [5.74, 6) is 0.591. The van der Waals surface area contributed by atoms with Gasteiger partial charge in [-0.1, -0.05) is 50.1 Å². The predicted molar refractivity (Wildman–Crippen MR) is 85.5 cm³/mol. The van der Waals surface area contributed by atoms with Crippen molar-refractivity contribution in [1.29, 1.82) is 0 Å². The molecule has 2 aromatic carbocycles. The molecule has 0 bridgehead atoms. The van der Waals surface area contributed by atoms with Gasteiger partial charge in [-0.2, -0.15) is 0 Å². The van der Waals surface area contributed by atoms with Crippen molar-refractivity contribution in [2.45, 2.75) is 4.83 Å². The largest absolute Gasteiger partial charge is 0.482 e. The first-order valence-electron chi connectivity index (χ1n) is 6.09. The third-order valence-electron chi connectivity index (χ3n) is 3.09. The van der Waals surface area contributed by atoms with Crippen molar-refractivity contribution < 1.29 is 9.53 Å². The Morgan fingerprint density at radius 1 is 1.10 bits per heavy atom. The topological polar surface area (TPSA) is 38.3 Å². The van der Waals surface area contributed by atoms with E-state index in [1.807, 2.05) is 30.3 Å². The Kier molecular flexibility index (Phi) is 3.81. The number of fused-ring (bicyclic) bond motifs is 1. The molecule has 1 unspecified atom stereocenters. The molecule has 1 amide bonds. The third kappa shape index (κ3) is 2.74. The second-order valence-electron chi connectivity index (χ2n) is 4.51. The smallest absolute Gasteiger partial charge is 0.262 e. The molecule has 5 heteroatoms. The maximum Gasteiger partial charge on any atom is 0.262 e. The summed E-state index contributed by atoms with van der Waals surface area (Å²) in [6.45, 7) is 0.0802. The molecular formula is C15H11Br2NO2. The number of carbonyl (C=O) groups is 1. The number of halogens is 2. The molecule has 0 saturated heterocycles. The Balaban J connectivity index is 1.92. The predicted octanol–water partition coefficient (Wildman–Crippen LogP) is 4.26. The van der Waals surface area contributed by atoms with Crippen molar-refractivity contribution >= 4 is 43.5 Å². The first-order valence-corrected chi connectivity index (χ1v) is 7.80. The van der Waals surface area contributed by atoms with E-state index in [1.54, 1.807) is 0 Å². The number of benzene rings is 2. The number of hydrogen-bond acceptors (Lipinski definition) is 2. The number of rotatable bonds is 2. The van der Waals surface area contributed by atoms with Crippen molar-refractivity contribution in [2.24, 2.45) is 0 Å². The number of ether oxygens (including phenoxy) is 1. The summed E-state index contributed by atoms with van der Waals surface area (Å²) in [5.41, 5.74) is 2.94. The molecule has 0 radical (unpaired) electrons. The second-order valence-corrected chi connectivity index (χ2v) is 6.34. The average molecular weight is 397 g/mol. The van der Waals surface area contributed by atoms with Gasteiger partial charge in [-0.15, -0.1) is 0 Å². The summed E-state index contributed by atoms with van der Waals surface area (Å²) in [5, 5.41) is 2.82. The minimum Gasteiger partial charge on any atom is -0.482 e. The van der Waals surface area contributed by atoms with Gasteiger partial charge in [-0.3, -0.25) is 4.79 Å². The minimum atomic E-state index is -0.121. The molecular weight excluding hydrogens is 386 g/mol. The zero-order valence-electron chi connectivity index (χ0n) is 10.4. The van der Waals surface area contributed by atoms with E-state index in [1.165, 1.54) is 0 Å². The summed E-state index contributed by atoms with van der Waals surface area (Å²) in [4.78, 5) is 11.4. The van der Waals surface area contributed by atoms with Crippen LogP contribution in [0.5, 0.6) is 5.75 Å². The van der Waals surface area contributed by atoms with E-state index in [-0.39, 0.29) is 17.3 Å². The van der Waals surface area contributed by atoms with Crippen LogP contribution in [0, 0.1) is 0 Å². The van der Waals surface area contributed by atoms with Crippen LogP contribution < -0.4 is 10.1 Å². The quantitative estimate of drug-likeness (QED) is 0.770. The van der Waals surface area contributed by atoms with Gasteiger partial charge in [0.1, 0.15) is 5.75 Å². The molecule has 1 aliphatic heterocycles. The van der Waals surface area contributed by atoms with Gasteiger partial charge in [0.15, 0.2) is 6.61 Å². The van der Waals surface area contributed by atoms with Crippen LogP contribution in [0.25, 0.3) is 0 Å². The summed E-state index contributed by atoms with van der Waals surface area (Å²) >= 11 is 7.12. The molecule has 1 aliphatic rings. The average Bonchev–Trinajstić information content (AvgIpc) is 2.46. The van der Waals surface area contributed by atoms with Crippen molar-refractivity contribution in [3.63, 3.8) is 0 Å². The van der Waals surface area contributed by atoms with Gasteiger partial charge in [0.05, 0.1) is 10.5 Å². The molecule has 0 fully saturated rings. The number of anilines is 1. The molecule has 0 saturated carbocycles. The fraction of sp³-hybridized carbons (Fsp3) is 0.133. The number of hydrogen-bond donors (Lipinski definition) is 1. The van der Waals surface area contributed by atoms with E-state index in [0.29, 0.717) is 5.75 Å². The fourth-order valence-electron chi connectivity index (χ4n) is 2.08. The zero-order chi connectivity index (χ0) is 14.1. The van der Waals surface area contributed by atoms with Crippen molar-refractivity contribution in [1.82, 2.24) is 0 Å². The van der Waals surface area contributed by atoms with Crippen LogP contribution in [-0.2, 0) is 4.79 Å². The Morgan fingerprint density at radius 3 is 2.55 bits per heavy atom. The molecule has 1 heterocycles. The molecule has 3 rings (SSSR count). The number of amides is 1. The van der Waals surface area contributed by atoms with E-state index in [4.69, 9.17) is 4.74 Å². The normalized spacial score (nSPS) is 15.0. The molecule has 0 spiro atoms. The van der Waals surface area contributed by atoms with Crippen molar-refractivity contribution in [3.05, 3.63) is 58.1 Å². The highest BCUT2D eigenvalue weighted by Crippen LogP contribution is 2.36. The summed E-state index contributed by atoms with van der Waals surface area (Å²) in [6.07, 6.45) is 0. The highest BCUT2D eigenvalue weighted by atomic mass is 79.9. The minimum absolute atomic E-state index is 0.0692. The van der Waals surface area contributed by atoms with E-state index >= 15 is 0 Å². The number of alkyl halides is 1. The Hall–Kier alpha value is -1.33. The highest BCUT2D eigenvalue weighted by molar-refractivity contribution is 9.10. The molecule has 1 atom stereocenters. The van der Waals surface area contributed by atoms with Gasteiger partial charge < -0.3 is 10.1 Å². The second kappa shape index (κ2) is 5.58. The van der Waals surface area contributed by atoms with Gasteiger partial charge in [0.2, 0.25) is 0 Å². The molecule has 0 aliphatic carbocycles. The van der Waals surface area contributed by atoms with Gasteiger partial charge >= 0.3 is 0 Å². The fourth-order valence-corrected chi connectivity index (χ4v) is 2.94. The molecule has 1 N–H and O–H groups in total. The van der Waals surface area contributed by atoms with Gasteiger partial charge in [-0.05, 0) is 35.4 Å². The van der Waals surface area contributed by atoms with Crippen LogP contribution in [0.1, 0.15) is 16.0 Å². The van der Waals surface area contributed by atoms with Crippen LogP contribution in [0.2, 0.25) is 0 Å². The molecule has 3 nitrogen and oxygen atoms in total. The standard InChI is InChI=1S/C15H11Br2NO2/c16-11-4-1-9(2-5-11)15(17)10-3-6-13-12(7-10)18-14(19)8-20-13/h1-7,15H,8H2,(H,18,19). The van der Waals surface area contributed by atoms with E-state index < -0.39 is 0 Å². The maximum atomic E-state index is 11.4. The van der Waals surface area contributed by atoms with Gasteiger partial charge in [-0.25, -0.2) is 0 Å². The zero-order valence-corrected chi connectivity index (χ0v) is 13.6. The molecule has 102 valence electrons.